The number of nitrogens with zero attached hydrogens (tertiary/aromatic N) is 1. The Morgan fingerprint density at radius 2 is 1.47 bits per heavy atom. The molecule has 3 fully saturated rings. The quantitative estimate of drug-likeness (QED) is 0.726. The fourth-order valence-electron chi connectivity index (χ4n) is 4.66. The van der Waals surface area contributed by atoms with Crippen LogP contribution in [0.15, 0.2) is 0 Å². The van der Waals surface area contributed by atoms with Gasteiger partial charge in [0.25, 0.3) is 0 Å². The van der Waals surface area contributed by atoms with Crippen LogP contribution in [0.25, 0.3) is 0 Å². The Hall–Kier alpha value is -0.0800. The van der Waals surface area contributed by atoms with Gasteiger partial charge in [-0.05, 0) is 45.2 Å². The maximum atomic E-state index is 3.94. The van der Waals surface area contributed by atoms with E-state index >= 15 is 0 Å². The van der Waals surface area contributed by atoms with E-state index in [0.29, 0.717) is 5.54 Å². The van der Waals surface area contributed by atoms with Crippen LogP contribution in [0.2, 0.25) is 0 Å². The third-order valence-corrected chi connectivity index (χ3v) is 5.78. The van der Waals surface area contributed by atoms with Crippen LogP contribution in [0.3, 0.4) is 0 Å². The van der Waals surface area contributed by atoms with E-state index < -0.39 is 0 Å². The van der Waals surface area contributed by atoms with E-state index in [1.54, 1.807) is 0 Å². The molecule has 1 spiro atoms. The number of hydrogen-bond donors (Lipinski definition) is 1. The van der Waals surface area contributed by atoms with Gasteiger partial charge < -0.3 is 5.32 Å². The van der Waals surface area contributed by atoms with E-state index in [0.717, 1.165) is 6.04 Å². The molecule has 2 heteroatoms. The zero-order valence-electron chi connectivity index (χ0n) is 12.6. The lowest BCUT2D eigenvalue weighted by Gasteiger charge is -2.42. The molecule has 0 amide bonds. The molecule has 0 radical (unpaired) electrons. The summed E-state index contributed by atoms with van der Waals surface area (Å²) in [5.74, 6) is 0. The maximum absolute atomic E-state index is 3.94. The van der Waals surface area contributed by atoms with Gasteiger partial charge in [-0.25, -0.2) is 0 Å². The second kappa shape index (κ2) is 6.58. The normalized spacial score (nSPS) is 30.9. The predicted molar refractivity (Wildman–Crippen MR) is 81.5 cm³/mol. The van der Waals surface area contributed by atoms with E-state index in [9.17, 15) is 0 Å². The summed E-state index contributed by atoms with van der Waals surface area (Å²) in [5, 5.41) is 3.94. The molecule has 110 valence electrons. The van der Waals surface area contributed by atoms with Gasteiger partial charge in [-0.1, -0.05) is 44.9 Å². The SMILES string of the molecule is C1CCCC(N2CCCNC3(CCCCC3)C2)CC1. The molecule has 0 aromatic heterocycles. The lowest BCUT2D eigenvalue weighted by atomic mass is 9.81. The zero-order valence-corrected chi connectivity index (χ0v) is 12.6. The minimum Gasteiger partial charge on any atom is -0.310 e. The van der Waals surface area contributed by atoms with Crippen molar-refractivity contribution >= 4 is 0 Å². The van der Waals surface area contributed by atoms with Gasteiger partial charge in [0.2, 0.25) is 0 Å². The van der Waals surface area contributed by atoms with Crippen molar-refractivity contribution in [2.45, 2.75) is 88.6 Å². The van der Waals surface area contributed by atoms with Crippen LogP contribution in [0.4, 0.5) is 0 Å². The number of nitrogens with one attached hydrogen (secondary N) is 1. The van der Waals surface area contributed by atoms with Crippen molar-refractivity contribution in [2.75, 3.05) is 19.6 Å². The molecule has 2 nitrogen and oxygen atoms in total. The summed E-state index contributed by atoms with van der Waals surface area (Å²) in [4.78, 5) is 2.89. The van der Waals surface area contributed by atoms with Crippen LogP contribution in [-0.4, -0.2) is 36.1 Å². The summed E-state index contributed by atoms with van der Waals surface area (Å²) in [6.07, 6.45) is 17.4. The molecule has 2 saturated carbocycles. The highest BCUT2D eigenvalue weighted by molar-refractivity contribution is 4.96. The smallest absolute Gasteiger partial charge is 0.0308 e. The predicted octanol–water partition coefficient (Wildman–Crippen LogP) is 3.71. The van der Waals surface area contributed by atoms with Crippen molar-refractivity contribution in [2.24, 2.45) is 0 Å². The van der Waals surface area contributed by atoms with Crippen molar-refractivity contribution in [1.29, 1.82) is 0 Å². The average Bonchev–Trinajstić information content (AvgIpc) is 2.81. The number of rotatable bonds is 1. The largest absolute Gasteiger partial charge is 0.310 e. The summed E-state index contributed by atoms with van der Waals surface area (Å²) in [6, 6.07) is 0.904. The van der Waals surface area contributed by atoms with Crippen molar-refractivity contribution in [3.63, 3.8) is 0 Å². The van der Waals surface area contributed by atoms with Crippen molar-refractivity contribution in [3.05, 3.63) is 0 Å². The topological polar surface area (TPSA) is 15.3 Å². The standard InChI is InChI=1S/C17H32N2/c1-2-5-10-16(9-4-1)19-14-8-13-18-17(15-19)11-6-3-7-12-17/h16,18H,1-15H2. The van der Waals surface area contributed by atoms with Crippen LogP contribution in [-0.2, 0) is 0 Å². The second-order valence-corrected chi connectivity index (χ2v) is 7.24. The van der Waals surface area contributed by atoms with Gasteiger partial charge >= 0.3 is 0 Å². The molecule has 0 unspecified atom stereocenters. The van der Waals surface area contributed by atoms with E-state index in [-0.39, 0.29) is 0 Å². The summed E-state index contributed by atoms with van der Waals surface area (Å²) < 4.78 is 0. The Kier molecular flexibility index (Phi) is 4.81. The minimum atomic E-state index is 0.487. The van der Waals surface area contributed by atoms with Gasteiger partial charge in [-0.15, -0.1) is 0 Å². The van der Waals surface area contributed by atoms with Crippen molar-refractivity contribution in [1.82, 2.24) is 10.2 Å². The Bertz CT molecular complexity index is 262. The second-order valence-electron chi connectivity index (χ2n) is 7.24. The van der Waals surface area contributed by atoms with Crippen molar-refractivity contribution in [3.8, 4) is 0 Å². The van der Waals surface area contributed by atoms with Crippen molar-refractivity contribution < 1.29 is 0 Å². The third kappa shape index (κ3) is 3.52. The molecular formula is C17H32N2. The van der Waals surface area contributed by atoms with Crippen LogP contribution in [0.5, 0.6) is 0 Å². The molecule has 0 aromatic rings. The Balaban J connectivity index is 1.65. The minimum absolute atomic E-state index is 0.487. The monoisotopic (exact) mass is 264 g/mol. The first-order valence-electron chi connectivity index (χ1n) is 8.87. The maximum Gasteiger partial charge on any atom is 0.0308 e. The fourth-order valence-corrected chi connectivity index (χ4v) is 4.66. The van der Waals surface area contributed by atoms with Crippen LogP contribution in [0.1, 0.15) is 77.0 Å². The molecule has 0 bridgehead atoms. The molecule has 1 saturated heterocycles. The lowest BCUT2D eigenvalue weighted by Crippen LogP contribution is -2.54. The van der Waals surface area contributed by atoms with Gasteiger partial charge in [0.05, 0.1) is 0 Å². The van der Waals surface area contributed by atoms with E-state index in [2.05, 4.69) is 10.2 Å². The van der Waals surface area contributed by atoms with E-state index in [1.807, 2.05) is 0 Å². The average molecular weight is 264 g/mol. The molecule has 2 aliphatic carbocycles. The number of hydrogen-bond acceptors (Lipinski definition) is 2. The first-order valence-corrected chi connectivity index (χ1v) is 8.87. The molecule has 1 aliphatic heterocycles. The molecule has 0 atom stereocenters. The van der Waals surface area contributed by atoms with Gasteiger partial charge in [0.1, 0.15) is 0 Å². The van der Waals surface area contributed by atoms with Gasteiger partial charge in [0.15, 0.2) is 0 Å². The summed E-state index contributed by atoms with van der Waals surface area (Å²) in [6.45, 7) is 3.94. The van der Waals surface area contributed by atoms with E-state index in [1.165, 1.54) is 96.7 Å². The van der Waals surface area contributed by atoms with Gasteiger partial charge in [0, 0.05) is 18.1 Å². The fraction of sp³-hybridized carbons (Fsp3) is 1.00. The lowest BCUT2D eigenvalue weighted by molar-refractivity contribution is 0.119. The van der Waals surface area contributed by atoms with E-state index in [4.69, 9.17) is 0 Å². The summed E-state index contributed by atoms with van der Waals surface area (Å²) in [7, 11) is 0. The highest BCUT2D eigenvalue weighted by Crippen LogP contribution is 2.32. The first kappa shape index (κ1) is 13.9. The summed E-state index contributed by atoms with van der Waals surface area (Å²) >= 11 is 0. The third-order valence-electron chi connectivity index (χ3n) is 5.78. The molecule has 0 aromatic carbocycles. The molecule has 3 rings (SSSR count). The molecule has 19 heavy (non-hydrogen) atoms. The Labute approximate surface area is 119 Å². The highest BCUT2D eigenvalue weighted by Gasteiger charge is 2.36. The zero-order chi connectivity index (χ0) is 13.0. The van der Waals surface area contributed by atoms with Crippen LogP contribution >= 0.6 is 0 Å². The Morgan fingerprint density at radius 1 is 0.789 bits per heavy atom. The molecular weight excluding hydrogens is 232 g/mol. The molecule has 3 aliphatic rings. The van der Waals surface area contributed by atoms with Gasteiger partial charge in [-0.3, -0.25) is 4.90 Å². The molecule has 1 N–H and O–H groups in total. The summed E-state index contributed by atoms with van der Waals surface area (Å²) in [5.41, 5.74) is 0.487. The van der Waals surface area contributed by atoms with Gasteiger partial charge in [-0.2, -0.15) is 0 Å². The highest BCUT2D eigenvalue weighted by atomic mass is 15.2. The van der Waals surface area contributed by atoms with Crippen LogP contribution in [0, 0.1) is 0 Å². The first-order chi connectivity index (χ1) is 9.38. The van der Waals surface area contributed by atoms with Crippen LogP contribution < -0.4 is 5.32 Å². The Morgan fingerprint density at radius 3 is 2.21 bits per heavy atom. The molecule has 1 heterocycles.